The summed E-state index contributed by atoms with van der Waals surface area (Å²) >= 11 is 0. The van der Waals surface area contributed by atoms with E-state index in [9.17, 15) is 9.90 Å². The van der Waals surface area contributed by atoms with Crippen LogP contribution in [0.2, 0.25) is 0 Å². The second kappa shape index (κ2) is 5.41. The number of benzene rings is 3. The van der Waals surface area contributed by atoms with Crippen molar-refractivity contribution in [2.24, 2.45) is 0 Å². The highest BCUT2D eigenvalue weighted by molar-refractivity contribution is 6.11. The number of aromatic hydroxyl groups is 1. The second-order valence-electron chi connectivity index (χ2n) is 5.23. The molecule has 0 heterocycles. The minimum atomic E-state index is -0.388. The van der Waals surface area contributed by atoms with Crippen LogP contribution >= 0.6 is 0 Å². The van der Waals surface area contributed by atoms with E-state index in [0.29, 0.717) is 5.69 Å². The zero-order valence-electron chi connectivity index (χ0n) is 12.1. The summed E-state index contributed by atoms with van der Waals surface area (Å²) in [6.45, 7) is 1.95. The molecular formula is C18H16N2O2. The highest BCUT2D eigenvalue weighted by Gasteiger charge is 2.16. The van der Waals surface area contributed by atoms with Crippen LogP contribution in [0.3, 0.4) is 0 Å². The van der Waals surface area contributed by atoms with Crippen LogP contribution in [0.15, 0.2) is 54.6 Å². The molecule has 4 nitrogen and oxygen atoms in total. The van der Waals surface area contributed by atoms with Crippen LogP contribution in [-0.4, -0.2) is 11.0 Å². The Morgan fingerprint density at radius 3 is 2.64 bits per heavy atom. The Labute approximate surface area is 128 Å². The molecule has 4 N–H and O–H groups in total. The van der Waals surface area contributed by atoms with E-state index in [2.05, 4.69) is 5.32 Å². The summed E-state index contributed by atoms with van der Waals surface area (Å²) in [6, 6.07) is 16.5. The number of phenolic OH excluding ortho intramolecular Hbond substituents is 1. The fraction of sp³-hybridized carbons (Fsp3) is 0.0556. The predicted molar refractivity (Wildman–Crippen MR) is 89.2 cm³/mol. The van der Waals surface area contributed by atoms with Gasteiger partial charge in [-0.1, -0.05) is 36.4 Å². The SMILES string of the molecule is Cc1cccc(NC(=O)c2cc3ccccc3c(N)c2O)c1. The summed E-state index contributed by atoms with van der Waals surface area (Å²) in [5.41, 5.74) is 8.04. The van der Waals surface area contributed by atoms with Crippen LogP contribution in [0.4, 0.5) is 11.4 Å². The van der Waals surface area contributed by atoms with Gasteiger partial charge in [-0.25, -0.2) is 0 Å². The number of carbonyl (C=O) groups excluding carboxylic acids is 1. The molecule has 22 heavy (non-hydrogen) atoms. The van der Waals surface area contributed by atoms with Crippen molar-refractivity contribution in [2.75, 3.05) is 11.1 Å². The van der Waals surface area contributed by atoms with Gasteiger partial charge in [0.2, 0.25) is 0 Å². The van der Waals surface area contributed by atoms with Gasteiger partial charge >= 0.3 is 0 Å². The monoisotopic (exact) mass is 292 g/mol. The number of hydrogen-bond donors (Lipinski definition) is 3. The Bertz CT molecular complexity index is 872. The van der Waals surface area contributed by atoms with E-state index >= 15 is 0 Å². The molecule has 3 aromatic carbocycles. The van der Waals surface area contributed by atoms with Crippen LogP contribution in [0, 0.1) is 6.92 Å². The molecule has 0 spiro atoms. The van der Waals surface area contributed by atoms with Crippen LogP contribution in [-0.2, 0) is 0 Å². The smallest absolute Gasteiger partial charge is 0.259 e. The number of carbonyl (C=O) groups is 1. The maximum Gasteiger partial charge on any atom is 0.259 e. The molecule has 0 unspecified atom stereocenters. The molecule has 1 amide bonds. The van der Waals surface area contributed by atoms with Crippen molar-refractivity contribution in [1.29, 1.82) is 0 Å². The molecule has 3 aromatic rings. The van der Waals surface area contributed by atoms with Crippen molar-refractivity contribution in [1.82, 2.24) is 0 Å². The van der Waals surface area contributed by atoms with Crippen molar-refractivity contribution >= 4 is 28.1 Å². The topological polar surface area (TPSA) is 75.4 Å². The molecule has 0 aliphatic rings. The van der Waals surface area contributed by atoms with E-state index in [4.69, 9.17) is 5.73 Å². The molecule has 4 heteroatoms. The number of anilines is 2. The first kappa shape index (κ1) is 13.9. The Morgan fingerprint density at radius 1 is 1.09 bits per heavy atom. The zero-order valence-corrected chi connectivity index (χ0v) is 12.1. The highest BCUT2D eigenvalue weighted by Crippen LogP contribution is 2.33. The average Bonchev–Trinajstić information content (AvgIpc) is 2.51. The number of rotatable bonds is 2. The van der Waals surface area contributed by atoms with Gasteiger partial charge in [0.05, 0.1) is 11.3 Å². The van der Waals surface area contributed by atoms with Crippen molar-refractivity contribution in [3.05, 3.63) is 65.7 Å². The summed E-state index contributed by atoms with van der Waals surface area (Å²) in [6.07, 6.45) is 0. The van der Waals surface area contributed by atoms with Crippen molar-refractivity contribution in [2.45, 2.75) is 6.92 Å². The number of nitrogen functional groups attached to an aromatic ring is 1. The van der Waals surface area contributed by atoms with Crippen molar-refractivity contribution in [3.8, 4) is 5.75 Å². The Morgan fingerprint density at radius 2 is 1.86 bits per heavy atom. The third-order valence-electron chi connectivity index (χ3n) is 3.58. The molecule has 0 bridgehead atoms. The Kier molecular flexibility index (Phi) is 3.43. The average molecular weight is 292 g/mol. The summed E-state index contributed by atoms with van der Waals surface area (Å²) in [5.74, 6) is -0.579. The normalized spacial score (nSPS) is 10.6. The maximum absolute atomic E-state index is 12.4. The molecule has 0 aliphatic carbocycles. The van der Waals surface area contributed by atoms with E-state index < -0.39 is 0 Å². The Balaban J connectivity index is 2.02. The van der Waals surface area contributed by atoms with Gasteiger partial charge < -0.3 is 16.2 Å². The Hall–Kier alpha value is -3.01. The molecule has 0 fully saturated rings. The number of hydrogen-bond acceptors (Lipinski definition) is 3. The quantitative estimate of drug-likeness (QED) is 0.498. The number of amides is 1. The van der Waals surface area contributed by atoms with E-state index in [1.54, 1.807) is 12.1 Å². The molecule has 0 aliphatic heterocycles. The third kappa shape index (κ3) is 2.46. The lowest BCUT2D eigenvalue weighted by molar-refractivity contribution is 0.102. The molecule has 110 valence electrons. The van der Waals surface area contributed by atoms with Crippen LogP contribution in [0.1, 0.15) is 15.9 Å². The first-order valence-corrected chi connectivity index (χ1v) is 6.94. The van der Waals surface area contributed by atoms with E-state index in [0.717, 1.165) is 16.3 Å². The largest absolute Gasteiger partial charge is 0.505 e. The second-order valence-corrected chi connectivity index (χ2v) is 5.23. The standard InChI is InChI=1S/C18H16N2O2/c1-11-5-4-7-13(9-11)20-18(22)15-10-12-6-2-3-8-14(12)16(19)17(15)21/h2-10,21H,19H2,1H3,(H,20,22). The number of nitrogens with one attached hydrogen (secondary N) is 1. The minimum absolute atomic E-state index is 0.165. The lowest BCUT2D eigenvalue weighted by atomic mass is 10.0. The third-order valence-corrected chi connectivity index (χ3v) is 3.58. The van der Waals surface area contributed by atoms with Gasteiger partial charge in [-0.2, -0.15) is 0 Å². The van der Waals surface area contributed by atoms with Gasteiger partial charge in [0.25, 0.3) is 5.91 Å². The van der Waals surface area contributed by atoms with Gasteiger partial charge in [0.1, 0.15) is 0 Å². The minimum Gasteiger partial charge on any atom is -0.505 e. The molecule has 0 aromatic heterocycles. The van der Waals surface area contributed by atoms with Gasteiger partial charge in [-0.3, -0.25) is 4.79 Å². The zero-order chi connectivity index (χ0) is 15.7. The van der Waals surface area contributed by atoms with Crippen molar-refractivity contribution < 1.29 is 9.90 Å². The molecule has 0 saturated carbocycles. The number of fused-ring (bicyclic) bond motifs is 1. The first-order valence-electron chi connectivity index (χ1n) is 6.94. The fourth-order valence-electron chi connectivity index (χ4n) is 2.46. The predicted octanol–water partition coefficient (Wildman–Crippen LogP) is 3.69. The number of nitrogens with two attached hydrogens (primary N) is 1. The van der Waals surface area contributed by atoms with E-state index in [-0.39, 0.29) is 22.9 Å². The van der Waals surface area contributed by atoms with Gasteiger partial charge in [0.15, 0.2) is 5.75 Å². The van der Waals surface area contributed by atoms with Crippen LogP contribution in [0.5, 0.6) is 5.75 Å². The lowest BCUT2D eigenvalue weighted by Gasteiger charge is -2.11. The molecule has 3 rings (SSSR count). The maximum atomic E-state index is 12.4. The highest BCUT2D eigenvalue weighted by atomic mass is 16.3. The fourth-order valence-corrected chi connectivity index (χ4v) is 2.46. The van der Waals surface area contributed by atoms with Crippen molar-refractivity contribution in [3.63, 3.8) is 0 Å². The number of aryl methyl sites for hydroxylation is 1. The summed E-state index contributed by atoms with van der Waals surface area (Å²) < 4.78 is 0. The summed E-state index contributed by atoms with van der Waals surface area (Å²) in [7, 11) is 0. The van der Waals surface area contributed by atoms with Crippen LogP contribution in [0.25, 0.3) is 10.8 Å². The summed E-state index contributed by atoms with van der Waals surface area (Å²) in [4.78, 5) is 12.4. The molecule has 0 atom stereocenters. The van der Waals surface area contributed by atoms with E-state index in [1.807, 2.05) is 49.4 Å². The van der Waals surface area contributed by atoms with E-state index in [1.165, 1.54) is 0 Å². The van der Waals surface area contributed by atoms with Crippen LogP contribution < -0.4 is 11.1 Å². The first-order chi connectivity index (χ1) is 10.6. The molecule has 0 saturated heterocycles. The summed E-state index contributed by atoms with van der Waals surface area (Å²) in [5, 5.41) is 14.5. The number of phenols is 1. The van der Waals surface area contributed by atoms with Gasteiger partial charge in [0, 0.05) is 11.1 Å². The van der Waals surface area contributed by atoms with Gasteiger partial charge in [-0.05, 0) is 36.1 Å². The molecule has 0 radical (unpaired) electrons. The molecular weight excluding hydrogens is 276 g/mol. The lowest BCUT2D eigenvalue weighted by Crippen LogP contribution is -2.13. The van der Waals surface area contributed by atoms with Gasteiger partial charge in [-0.15, -0.1) is 0 Å².